The molecule has 0 aromatic heterocycles. The molecule has 1 saturated carbocycles. The van der Waals surface area contributed by atoms with E-state index in [9.17, 15) is 14.9 Å². The van der Waals surface area contributed by atoms with Gasteiger partial charge in [-0.15, -0.1) is 0 Å². The molecule has 1 aromatic carbocycles. The lowest BCUT2D eigenvalue weighted by atomic mass is 9.84. The first kappa shape index (κ1) is 17.5. The molecule has 0 heterocycles. The molecule has 1 aromatic rings. The lowest BCUT2D eigenvalue weighted by molar-refractivity contribution is -0.120. The van der Waals surface area contributed by atoms with Crippen molar-refractivity contribution < 1.29 is 9.59 Å². The second-order valence-corrected chi connectivity index (χ2v) is 5.94. The summed E-state index contributed by atoms with van der Waals surface area (Å²) < 4.78 is 0. The summed E-state index contributed by atoms with van der Waals surface area (Å²) in [6.07, 6.45) is 5.28. The Morgan fingerprint density at radius 1 is 1.12 bits per heavy atom. The first-order chi connectivity index (χ1) is 11.6. The van der Waals surface area contributed by atoms with Gasteiger partial charge in [-0.2, -0.15) is 10.5 Å². The zero-order valence-electron chi connectivity index (χ0n) is 13.4. The third kappa shape index (κ3) is 4.82. The molecular weight excluding hydrogens is 304 g/mol. The number of nitriles is 2. The molecule has 0 spiro atoms. The van der Waals surface area contributed by atoms with E-state index in [-0.39, 0.29) is 24.3 Å². The standard InChI is InChI=1S/C18H20N4O2/c19-10-13-6-8-15(9-7-13)18(24)21-12-17(23)22-16(11-20)14-4-2-1-3-5-14/h6-9,14,16H,1-5,12H2,(H,21,24)(H,22,23)/t16-/m0/s1. The van der Waals surface area contributed by atoms with Crippen LogP contribution in [0.5, 0.6) is 0 Å². The van der Waals surface area contributed by atoms with Crippen LogP contribution in [0.1, 0.15) is 48.0 Å². The van der Waals surface area contributed by atoms with Crippen molar-refractivity contribution in [1.29, 1.82) is 10.5 Å². The van der Waals surface area contributed by atoms with Crippen molar-refractivity contribution in [2.75, 3.05) is 6.54 Å². The Morgan fingerprint density at radius 2 is 1.79 bits per heavy atom. The van der Waals surface area contributed by atoms with E-state index < -0.39 is 6.04 Å². The molecule has 6 nitrogen and oxygen atoms in total. The number of hydrogen-bond donors (Lipinski definition) is 2. The summed E-state index contributed by atoms with van der Waals surface area (Å²) in [6, 6.07) is 9.80. The Kier molecular flexibility index (Phi) is 6.33. The molecule has 0 aliphatic heterocycles. The predicted octanol–water partition coefficient (Wildman–Crippen LogP) is 1.88. The third-order valence-electron chi connectivity index (χ3n) is 4.26. The van der Waals surface area contributed by atoms with Crippen molar-refractivity contribution in [3.63, 3.8) is 0 Å². The summed E-state index contributed by atoms with van der Waals surface area (Å²) in [5.41, 5.74) is 0.847. The van der Waals surface area contributed by atoms with Crippen molar-refractivity contribution in [3.05, 3.63) is 35.4 Å². The molecule has 1 atom stereocenters. The molecule has 2 amide bonds. The Morgan fingerprint density at radius 3 is 2.38 bits per heavy atom. The molecule has 0 radical (unpaired) electrons. The zero-order valence-corrected chi connectivity index (χ0v) is 13.4. The Balaban J connectivity index is 1.82. The van der Waals surface area contributed by atoms with Crippen LogP contribution in [0.25, 0.3) is 0 Å². The Labute approximate surface area is 141 Å². The van der Waals surface area contributed by atoms with Crippen LogP contribution in [0.4, 0.5) is 0 Å². The second-order valence-electron chi connectivity index (χ2n) is 5.94. The minimum atomic E-state index is -0.496. The number of hydrogen-bond acceptors (Lipinski definition) is 4. The van der Waals surface area contributed by atoms with E-state index in [2.05, 4.69) is 16.7 Å². The number of nitrogens with zero attached hydrogens (tertiary/aromatic N) is 2. The molecule has 1 aliphatic carbocycles. The number of nitrogens with one attached hydrogen (secondary N) is 2. The summed E-state index contributed by atoms with van der Waals surface area (Å²) in [7, 11) is 0. The molecular formula is C18H20N4O2. The van der Waals surface area contributed by atoms with Gasteiger partial charge >= 0.3 is 0 Å². The van der Waals surface area contributed by atoms with Crippen LogP contribution in [-0.4, -0.2) is 24.4 Å². The maximum atomic E-state index is 12.0. The minimum absolute atomic E-state index is 0.177. The number of amides is 2. The summed E-state index contributed by atoms with van der Waals surface area (Å²) in [4.78, 5) is 23.9. The van der Waals surface area contributed by atoms with Gasteiger partial charge in [-0.05, 0) is 43.0 Å². The SMILES string of the molecule is N#Cc1ccc(C(=O)NCC(=O)N[C@@H](C#N)C2CCCCC2)cc1. The van der Waals surface area contributed by atoms with Crippen LogP contribution in [-0.2, 0) is 4.79 Å². The average Bonchev–Trinajstić information content (AvgIpc) is 2.65. The first-order valence-corrected chi connectivity index (χ1v) is 8.11. The summed E-state index contributed by atoms with van der Waals surface area (Å²) in [6.45, 7) is -0.177. The van der Waals surface area contributed by atoms with E-state index in [1.54, 1.807) is 12.1 Å². The van der Waals surface area contributed by atoms with Gasteiger partial charge in [0.05, 0.1) is 24.2 Å². The summed E-state index contributed by atoms with van der Waals surface area (Å²) >= 11 is 0. The van der Waals surface area contributed by atoms with E-state index in [1.165, 1.54) is 18.6 Å². The highest BCUT2D eigenvalue weighted by Gasteiger charge is 2.24. The fraction of sp³-hybridized carbons (Fsp3) is 0.444. The van der Waals surface area contributed by atoms with Gasteiger partial charge < -0.3 is 10.6 Å². The molecule has 1 aliphatic rings. The first-order valence-electron chi connectivity index (χ1n) is 8.11. The molecule has 124 valence electrons. The van der Waals surface area contributed by atoms with E-state index in [0.717, 1.165) is 25.7 Å². The predicted molar refractivity (Wildman–Crippen MR) is 87.6 cm³/mol. The second kappa shape index (κ2) is 8.69. The number of rotatable bonds is 5. The van der Waals surface area contributed by atoms with Crippen molar-refractivity contribution in [2.24, 2.45) is 5.92 Å². The highest BCUT2D eigenvalue weighted by Crippen LogP contribution is 2.26. The van der Waals surface area contributed by atoms with Gasteiger partial charge in [-0.1, -0.05) is 19.3 Å². The molecule has 0 unspecified atom stereocenters. The van der Waals surface area contributed by atoms with Gasteiger partial charge in [0.15, 0.2) is 0 Å². The smallest absolute Gasteiger partial charge is 0.251 e. The third-order valence-corrected chi connectivity index (χ3v) is 4.26. The maximum absolute atomic E-state index is 12.0. The monoisotopic (exact) mass is 324 g/mol. The van der Waals surface area contributed by atoms with Gasteiger partial charge in [0, 0.05) is 5.56 Å². The number of carbonyl (C=O) groups is 2. The minimum Gasteiger partial charge on any atom is -0.343 e. The lowest BCUT2D eigenvalue weighted by Crippen LogP contribution is -2.44. The van der Waals surface area contributed by atoms with Crippen LogP contribution in [0.2, 0.25) is 0 Å². The Bertz CT molecular complexity index is 664. The molecule has 1 fully saturated rings. The molecule has 2 N–H and O–H groups in total. The largest absolute Gasteiger partial charge is 0.343 e. The van der Waals surface area contributed by atoms with Crippen LogP contribution in [0, 0.1) is 28.6 Å². The van der Waals surface area contributed by atoms with Gasteiger partial charge in [0.1, 0.15) is 6.04 Å². The Hall–Kier alpha value is -2.86. The molecule has 6 heteroatoms. The van der Waals surface area contributed by atoms with Crippen LogP contribution < -0.4 is 10.6 Å². The van der Waals surface area contributed by atoms with Crippen LogP contribution >= 0.6 is 0 Å². The average molecular weight is 324 g/mol. The zero-order chi connectivity index (χ0) is 17.4. The molecule has 2 rings (SSSR count). The number of benzene rings is 1. The van der Waals surface area contributed by atoms with Gasteiger partial charge in [0.25, 0.3) is 5.91 Å². The molecule has 0 saturated heterocycles. The van der Waals surface area contributed by atoms with E-state index in [0.29, 0.717) is 11.1 Å². The van der Waals surface area contributed by atoms with E-state index in [1.807, 2.05) is 6.07 Å². The topological polar surface area (TPSA) is 106 Å². The number of carbonyl (C=O) groups excluding carboxylic acids is 2. The van der Waals surface area contributed by atoms with E-state index >= 15 is 0 Å². The van der Waals surface area contributed by atoms with Crippen molar-refractivity contribution in [1.82, 2.24) is 10.6 Å². The quantitative estimate of drug-likeness (QED) is 0.862. The van der Waals surface area contributed by atoms with Gasteiger partial charge in [0.2, 0.25) is 5.91 Å². The van der Waals surface area contributed by atoms with Crippen LogP contribution in [0.3, 0.4) is 0 Å². The van der Waals surface area contributed by atoms with Crippen molar-refractivity contribution >= 4 is 11.8 Å². The fourth-order valence-corrected chi connectivity index (χ4v) is 2.91. The van der Waals surface area contributed by atoms with Crippen molar-refractivity contribution in [2.45, 2.75) is 38.1 Å². The van der Waals surface area contributed by atoms with Crippen molar-refractivity contribution in [3.8, 4) is 12.1 Å². The van der Waals surface area contributed by atoms with Gasteiger partial charge in [-0.25, -0.2) is 0 Å². The maximum Gasteiger partial charge on any atom is 0.251 e. The fourth-order valence-electron chi connectivity index (χ4n) is 2.91. The summed E-state index contributed by atoms with van der Waals surface area (Å²) in [5, 5.41) is 23.2. The van der Waals surface area contributed by atoms with E-state index in [4.69, 9.17) is 5.26 Å². The normalized spacial score (nSPS) is 15.6. The van der Waals surface area contributed by atoms with Gasteiger partial charge in [-0.3, -0.25) is 9.59 Å². The highest BCUT2D eigenvalue weighted by atomic mass is 16.2. The lowest BCUT2D eigenvalue weighted by Gasteiger charge is -2.26. The molecule has 24 heavy (non-hydrogen) atoms. The summed E-state index contributed by atoms with van der Waals surface area (Å²) in [5.74, 6) is -0.558. The highest BCUT2D eigenvalue weighted by molar-refractivity contribution is 5.96. The van der Waals surface area contributed by atoms with Crippen LogP contribution in [0.15, 0.2) is 24.3 Å². The molecule has 0 bridgehead atoms.